The molecule has 1 aromatic carbocycles. The molecule has 0 aliphatic carbocycles. The van der Waals surface area contributed by atoms with Gasteiger partial charge in [-0.05, 0) is 19.1 Å². The molecule has 1 saturated heterocycles. The second-order valence-electron chi connectivity index (χ2n) is 5.65. The van der Waals surface area contributed by atoms with E-state index in [4.69, 9.17) is 4.74 Å². The van der Waals surface area contributed by atoms with E-state index in [-0.39, 0.29) is 17.4 Å². The average Bonchev–Trinajstić information content (AvgIpc) is 3.12. The summed E-state index contributed by atoms with van der Waals surface area (Å²) in [6, 6.07) is 5.60. The van der Waals surface area contributed by atoms with Gasteiger partial charge in [0, 0.05) is 24.0 Å². The summed E-state index contributed by atoms with van der Waals surface area (Å²) >= 11 is 1.18. The van der Waals surface area contributed by atoms with E-state index in [1.165, 1.54) is 17.4 Å². The van der Waals surface area contributed by atoms with E-state index in [1.807, 2.05) is 0 Å². The standard InChI is InChI=1S/C17H18FN3O3S/c1-11(17(23)21-6-8-24-9-7-21)19-15(22)14-10-25-16(20-14)12-4-2-3-5-13(12)18/h2-5,10-11H,6-9H2,1H3,(H,19,22). The molecular formula is C17H18FN3O3S. The van der Waals surface area contributed by atoms with Crippen molar-refractivity contribution < 1.29 is 18.7 Å². The second kappa shape index (κ2) is 7.71. The summed E-state index contributed by atoms with van der Waals surface area (Å²) in [6.07, 6.45) is 0. The van der Waals surface area contributed by atoms with E-state index in [0.717, 1.165) is 0 Å². The van der Waals surface area contributed by atoms with Crippen molar-refractivity contribution in [2.24, 2.45) is 0 Å². The van der Waals surface area contributed by atoms with Crippen LogP contribution < -0.4 is 5.32 Å². The Bertz CT molecular complexity index is 774. The number of aromatic nitrogens is 1. The second-order valence-corrected chi connectivity index (χ2v) is 6.51. The number of benzene rings is 1. The van der Waals surface area contributed by atoms with Gasteiger partial charge >= 0.3 is 0 Å². The third-order valence-electron chi connectivity index (χ3n) is 3.88. The first kappa shape index (κ1) is 17.5. The molecule has 0 saturated carbocycles. The van der Waals surface area contributed by atoms with Crippen LogP contribution >= 0.6 is 11.3 Å². The third-order valence-corrected chi connectivity index (χ3v) is 4.76. The van der Waals surface area contributed by atoms with Crippen molar-refractivity contribution in [3.63, 3.8) is 0 Å². The van der Waals surface area contributed by atoms with Crippen molar-refractivity contribution in [3.05, 3.63) is 41.2 Å². The Balaban J connectivity index is 1.65. The number of carbonyl (C=O) groups excluding carboxylic acids is 2. The maximum absolute atomic E-state index is 13.8. The minimum absolute atomic E-state index is 0.152. The number of hydrogen-bond donors (Lipinski definition) is 1. The SMILES string of the molecule is CC(NC(=O)c1csc(-c2ccccc2F)n1)C(=O)N1CCOCC1. The number of amides is 2. The lowest BCUT2D eigenvalue weighted by atomic mass is 10.2. The maximum Gasteiger partial charge on any atom is 0.271 e. The topological polar surface area (TPSA) is 71.5 Å². The fraction of sp³-hybridized carbons (Fsp3) is 0.353. The van der Waals surface area contributed by atoms with Gasteiger partial charge in [-0.25, -0.2) is 9.37 Å². The maximum atomic E-state index is 13.8. The van der Waals surface area contributed by atoms with Gasteiger partial charge in [0.2, 0.25) is 5.91 Å². The van der Waals surface area contributed by atoms with E-state index in [9.17, 15) is 14.0 Å². The van der Waals surface area contributed by atoms with E-state index >= 15 is 0 Å². The molecule has 3 rings (SSSR count). The van der Waals surface area contributed by atoms with Crippen LogP contribution in [0.1, 0.15) is 17.4 Å². The molecule has 0 bridgehead atoms. The summed E-state index contributed by atoms with van der Waals surface area (Å²) in [7, 11) is 0. The quantitative estimate of drug-likeness (QED) is 0.901. The Morgan fingerprint density at radius 2 is 2.04 bits per heavy atom. The number of carbonyl (C=O) groups is 2. The Morgan fingerprint density at radius 3 is 2.76 bits per heavy atom. The van der Waals surface area contributed by atoms with Crippen molar-refractivity contribution in [2.45, 2.75) is 13.0 Å². The van der Waals surface area contributed by atoms with Crippen LogP contribution in [0.5, 0.6) is 0 Å². The van der Waals surface area contributed by atoms with Crippen LogP contribution in [-0.2, 0) is 9.53 Å². The molecule has 1 fully saturated rings. The Kier molecular flexibility index (Phi) is 5.40. The Hall–Kier alpha value is -2.32. The lowest BCUT2D eigenvalue weighted by molar-refractivity contribution is -0.136. The number of thiazole rings is 1. The third kappa shape index (κ3) is 4.02. The molecule has 2 aromatic rings. The van der Waals surface area contributed by atoms with Crippen LogP contribution in [0, 0.1) is 5.82 Å². The minimum Gasteiger partial charge on any atom is -0.378 e. The molecule has 1 unspecified atom stereocenters. The lowest BCUT2D eigenvalue weighted by Crippen LogP contribution is -2.50. The summed E-state index contributed by atoms with van der Waals surface area (Å²) in [5, 5.41) is 4.64. The summed E-state index contributed by atoms with van der Waals surface area (Å²) in [5.41, 5.74) is 0.522. The number of halogens is 1. The first-order chi connectivity index (χ1) is 12.1. The molecule has 2 amide bonds. The van der Waals surface area contributed by atoms with Crippen LogP contribution in [0.25, 0.3) is 10.6 Å². The monoisotopic (exact) mass is 363 g/mol. The molecule has 1 N–H and O–H groups in total. The number of rotatable bonds is 4. The molecule has 6 nitrogen and oxygen atoms in total. The van der Waals surface area contributed by atoms with Gasteiger partial charge < -0.3 is 15.0 Å². The molecule has 1 aliphatic heterocycles. The van der Waals surface area contributed by atoms with Crippen molar-refractivity contribution in [3.8, 4) is 10.6 Å². The summed E-state index contributed by atoms with van der Waals surface area (Å²) in [4.78, 5) is 30.5. The van der Waals surface area contributed by atoms with Gasteiger partial charge in [0.25, 0.3) is 5.91 Å². The normalized spacial score (nSPS) is 15.7. The van der Waals surface area contributed by atoms with Gasteiger partial charge in [0.15, 0.2) is 0 Å². The first-order valence-electron chi connectivity index (χ1n) is 7.94. The fourth-order valence-electron chi connectivity index (χ4n) is 2.53. The summed E-state index contributed by atoms with van der Waals surface area (Å²) < 4.78 is 19.0. The van der Waals surface area contributed by atoms with E-state index in [2.05, 4.69) is 10.3 Å². The Labute approximate surface area is 148 Å². The van der Waals surface area contributed by atoms with Crippen molar-refractivity contribution in [1.29, 1.82) is 0 Å². The van der Waals surface area contributed by atoms with Gasteiger partial charge in [-0.2, -0.15) is 0 Å². The highest BCUT2D eigenvalue weighted by Crippen LogP contribution is 2.26. The van der Waals surface area contributed by atoms with Crippen LogP contribution in [0.15, 0.2) is 29.6 Å². The van der Waals surface area contributed by atoms with Crippen LogP contribution in [0.4, 0.5) is 4.39 Å². The number of nitrogens with zero attached hydrogens (tertiary/aromatic N) is 2. The number of hydrogen-bond acceptors (Lipinski definition) is 5. The van der Waals surface area contributed by atoms with Gasteiger partial charge in [0.1, 0.15) is 22.6 Å². The zero-order chi connectivity index (χ0) is 17.8. The zero-order valence-electron chi connectivity index (χ0n) is 13.7. The highest BCUT2D eigenvalue weighted by atomic mass is 32.1. The molecule has 1 aromatic heterocycles. The van der Waals surface area contributed by atoms with Gasteiger partial charge in [-0.1, -0.05) is 12.1 Å². The van der Waals surface area contributed by atoms with E-state index < -0.39 is 11.9 Å². The van der Waals surface area contributed by atoms with Crippen LogP contribution in [0.3, 0.4) is 0 Å². The molecule has 25 heavy (non-hydrogen) atoms. The van der Waals surface area contributed by atoms with Gasteiger partial charge in [0.05, 0.1) is 13.2 Å². The fourth-order valence-corrected chi connectivity index (χ4v) is 3.35. The van der Waals surface area contributed by atoms with Crippen LogP contribution in [-0.4, -0.2) is 54.0 Å². The van der Waals surface area contributed by atoms with Crippen molar-refractivity contribution in [1.82, 2.24) is 15.2 Å². The van der Waals surface area contributed by atoms with E-state index in [0.29, 0.717) is 36.9 Å². The Morgan fingerprint density at radius 1 is 1.32 bits per heavy atom. The highest BCUT2D eigenvalue weighted by molar-refractivity contribution is 7.13. The lowest BCUT2D eigenvalue weighted by Gasteiger charge is -2.29. The molecule has 1 aliphatic rings. The zero-order valence-corrected chi connectivity index (χ0v) is 14.5. The van der Waals surface area contributed by atoms with Gasteiger partial charge in [-0.3, -0.25) is 9.59 Å². The average molecular weight is 363 g/mol. The predicted octanol–water partition coefficient (Wildman–Crippen LogP) is 1.93. The number of morpholine rings is 1. The smallest absolute Gasteiger partial charge is 0.271 e. The predicted molar refractivity (Wildman–Crippen MR) is 91.8 cm³/mol. The molecule has 8 heteroatoms. The summed E-state index contributed by atoms with van der Waals surface area (Å²) in [6.45, 7) is 3.69. The molecular weight excluding hydrogens is 345 g/mol. The molecule has 1 atom stereocenters. The molecule has 132 valence electrons. The van der Waals surface area contributed by atoms with Crippen molar-refractivity contribution >= 4 is 23.2 Å². The first-order valence-corrected chi connectivity index (χ1v) is 8.82. The number of ether oxygens (including phenoxy) is 1. The number of nitrogens with one attached hydrogen (secondary N) is 1. The molecule has 2 heterocycles. The summed E-state index contributed by atoms with van der Waals surface area (Å²) in [5.74, 6) is -0.992. The van der Waals surface area contributed by atoms with E-state index in [1.54, 1.807) is 35.4 Å². The van der Waals surface area contributed by atoms with Crippen LogP contribution in [0.2, 0.25) is 0 Å². The molecule has 0 radical (unpaired) electrons. The van der Waals surface area contributed by atoms with Crippen molar-refractivity contribution in [2.75, 3.05) is 26.3 Å². The van der Waals surface area contributed by atoms with Gasteiger partial charge in [-0.15, -0.1) is 11.3 Å². The highest BCUT2D eigenvalue weighted by Gasteiger charge is 2.25. The minimum atomic E-state index is -0.663. The largest absolute Gasteiger partial charge is 0.378 e. The molecule has 0 spiro atoms.